The number of halogens is 2. The van der Waals surface area contributed by atoms with Crippen molar-refractivity contribution in [3.8, 4) is 0 Å². The number of hydrogen-bond acceptors (Lipinski definition) is 2. The molecule has 2 aromatic carbocycles. The van der Waals surface area contributed by atoms with Gasteiger partial charge in [-0.3, -0.25) is 10.1 Å². The number of nitro benzene ring substituents is 1. The highest BCUT2D eigenvalue weighted by Gasteiger charge is 2.17. The fraction of sp³-hybridized carbons (Fsp3) is 0. The number of hydrogen-bond donors (Lipinski definition) is 0. The summed E-state index contributed by atoms with van der Waals surface area (Å²) in [5.41, 5.74) is 0.105. The second-order valence-corrected chi connectivity index (χ2v) is 4.70. The van der Waals surface area contributed by atoms with Crippen molar-refractivity contribution in [3.63, 3.8) is 0 Å². The van der Waals surface area contributed by atoms with Crippen LogP contribution < -0.4 is 0 Å². The van der Waals surface area contributed by atoms with Gasteiger partial charge in [0, 0.05) is 9.86 Å². The van der Waals surface area contributed by atoms with E-state index in [9.17, 15) is 10.1 Å². The molecule has 0 heterocycles. The minimum Gasteiger partial charge on any atom is -0.258 e. The number of benzene rings is 2. The first-order valence-electron chi connectivity index (χ1n) is 4.12. The standard InChI is InChI=1S/C10H5Br2NO2/c11-8-3-1-2-7-6(8)4-5-9(12)10(7)13(14)15/h1-5H. The maximum Gasteiger partial charge on any atom is 0.291 e. The Labute approximate surface area is 103 Å². The maximum absolute atomic E-state index is 10.9. The summed E-state index contributed by atoms with van der Waals surface area (Å²) in [4.78, 5) is 10.5. The predicted molar refractivity (Wildman–Crippen MR) is 66.0 cm³/mol. The van der Waals surface area contributed by atoms with Crippen molar-refractivity contribution in [1.29, 1.82) is 0 Å². The van der Waals surface area contributed by atoms with E-state index in [1.807, 2.05) is 12.1 Å². The van der Waals surface area contributed by atoms with Gasteiger partial charge in [0.15, 0.2) is 0 Å². The largest absolute Gasteiger partial charge is 0.291 e. The van der Waals surface area contributed by atoms with E-state index in [0.29, 0.717) is 9.86 Å². The third kappa shape index (κ3) is 1.77. The van der Waals surface area contributed by atoms with Gasteiger partial charge in [0.05, 0.1) is 14.8 Å². The molecule has 0 atom stereocenters. The highest BCUT2D eigenvalue weighted by atomic mass is 79.9. The first-order chi connectivity index (χ1) is 7.11. The monoisotopic (exact) mass is 329 g/mol. The molecule has 15 heavy (non-hydrogen) atoms. The molecule has 0 fully saturated rings. The van der Waals surface area contributed by atoms with Crippen LogP contribution in [-0.4, -0.2) is 4.92 Å². The molecule has 0 unspecified atom stereocenters. The summed E-state index contributed by atoms with van der Waals surface area (Å²) < 4.78 is 1.36. The molecule has 0 saturated carbocycles. The van der Waals surface area contributed by atoms with Crippen LogP contribution in [-0.2, 0) is 0 Å². The number of nitrogens with zero attached hydrogens (tertiary/aromatic N) is 1. The van der Waals surface area contributed by atoms with E-state index in [1.165, 1.54) is 0 Å². The summed E-state index contributed by atoms with van der Waals surface area (Å²) in [6, 6.07) is 8.91. The molecule has 0 radical (unpaired) electrons. The quantitative estimate of drug-likeness (QED) is 0.578. The Morgan fingerprint density at radius 3 is 2.40 bits per heavy atom. The number of nitro groups is 1. The van der Waals surface area contributed by atoms with Crippen LogP contribution >= 0.6 is 31.9 Å². The van der Waals surface area contributed by atoms with Crippen LogP contribution in [0.15, 0.2) is 39.3 Å². The van der Waals surface area contributed by atoms with Gasteiger partial charge in [0.2, 0.25) is 0 Å². The van der Waals surface area contributed by atoms with Gasteiger partial charge >= 0.3 is 0 Å². The number of rotatable bonds is 1. The van der Waals surface area contributed by atoms with Crippen molar-refractivity contribution >= 4 is 48.3 Å². The molecule has 0 aliphatic heterocycles. The molecular weight excluding hydrogens is 326 g/mol. The van der Waals surface area contributed by atoms with Gasteiger partial charge in [-0.25, -0.2) is 0 Å². The van der Waals surface area contributed by atoms with Crippen molar-refractivity contribution < 1.29 is 4.92 Å². The van der Waals surface area contributed by atoms with E-state index >= 15 is 0 Å². The van der Waals surface area contributed by atoms with Gasteiger partial charge in [-0.15, -0.1) is 0 Å². The van der Waals surface area contributed by atoms with Gasteiger partial charge in [-0.1, -0.05) is 28.1 Å². The molecule has 0 saturated heterocycles. The average Bonchev–Trinajstić information content (AvgIpc) is 2.17. The van der Waals surface area contributed by atoms with Crippen molar-refractivity contribution in [2.45, 2.75) is 0 Å². The lowest BCUT2D eigenvalue weighted by atomic mass is 10.1. The topological polar surface area (TPSA) is 43.1 Å². The Bertz CT molecular complexity index is 554. The average molecular weight is 331 g/mol. The number of fused-ring (bicyclic) bond motifs is 1. The van der Waals surface area contributed by atoms with Gasteiger partial charge in [-0.2, -0.15) is 0 Å². The van der Waals surface area contributed by atoms with Crippen LogP contribution in [0.2, 0.25) is 0 Å². The molecule has 0 aliphatic rings. The minimum atomic E-state index is -0.376. The van der Waals surface area contributed by atoms with Crippen molar-refractivity contribution in [1.82, 2.24) is 0 Å². The van der Waals surface area contributed by atoms with Crippen LogP contribution in [0.4, 0.5) is 5.69 Å². The fourth-order valence-electron chi connectivity index (χ4n) is 1.46. The zero-order chi connectivity index (χ0) is 11.0. The minimum absolute atomic E-state index is 0.105. The Morgan fingerprint density at radius 1 is 1.00 bits per heavy atom. The van der Waals surface area contributed by atoms with Crippen LogP contribution in [0.3, 0.4) is 0 Å². The summed E-state index contributed by atoms with van der Waals surface area (Å²) in [6.07, 6.45) is 0. The van der Waals surface area contributed by atoms with E-state index in [1.54, 1.807) is 18.2 Å². The summed E-state index contributed by atoms with van der Waals surface area (Å²) in [5.74, 6) is 0. The van der Waals surface area contributed by atoms with Crippen LogP contribution in [0.1, 0.15) is 0 Å². The maximum atomic E-state index is 10.9. The third-order valence-electron chi connectivity index (χ3n) is 2.11. The molecule has 0 amide bonds. The van der Waals surface area contributed by atoms with E-state index in [2.05, 4.69) is 31.9 Å². The molecule has 0 aliphatic carbocycles. The molecule has 0 bridgehead atoms. The Balaban J connectivity index is 2.94. The summed E-state index contributed by atoms with van der Waals surface area (Å²) in [6.45, 7) is 0. The highest BCUT2D eigenvalue weighted by Crippen LogP contribution is 2.36. The molecular formula is C10H5Br2NO2. The summed E-state index contributed by atoms with van der Waals surface area (Å²) in [7, 11) is 0. The molecule has 0 N–H and O–H groups in total. The summed E-state index contributed by atoms with van der Waals surface area (Å²) >= 11 is 6.55. The van der Waals surface area contributed by atoms with Crippen LogP contribution in [0.5, 0.6) is 0 Å². The van der Waals surface area contributed by atoms with E-state index in [4.69, 9.17) is 0 Å². The van der Waals surface area contributed by atoms with Crippen LogP contribution in [0.25, 0.3) is 10.8 Å². The third-order valence-corrected chi connectivity index (χ3v) is 3.44. The second kappa shape index (κ2) is 3.90. The lowest BCUT2D eigenvalue weighted by molar-refractivity contribution is -0.383. The molecule has 0 aromatic heterocycles. The predicted octanol–water partition coefficient (Wildman–Crippen LogP) is 4.27. The molecule has 2 aromatic rings. The highest BCUT2D eigenvalue weighted by molar-refractivity contribution is 9.11. The van der Waals surface area contributed by atoms with Crippen molar-refractivity contribution in [2.75, 3.05) is 0 Å². The zero-order valence-electron chi connectivity index (χ0n) is 7.41. The Morgan fingerprint density at radius 2 is 1.73 bits per heavy atom. The normalized spacial score (nSPS) is 10.5. The van der Waals surface area contributed by atoms with Crippen molar-refractivity contribution in [2.24, 2.45) is 0 Å². The Kier molecular flexibility index (Phi) is 2.75. The van der Waals surface area contributed by atoms with E-state index < -0.39 is 0 Å². The smallest absolute Gasteiger partial charge is 0.258 e. The van der Waals surface area contributed by atoms with E-state index in [0.717, 1.165) is 9.86 Å². The lowest BCUT2D eigenvalue weighted by Gasteiger charge is -2.02. The Hall–Kier alpha value is -0.940. The molecule has 76 valence electrons. The fourth-order valence-corrected chi connectivity index (χ4v) is 2.45. The summed E-state index contributed by atoms with van der Waals surface area (Å²) in [5, 5.41) is 12.4. The van der Waals surface area contributed by atoms with Gasteiger partial charge in [0.1, 0.15) is 0 Å². The van der Waals surface area contributed by atoms with Gasteiger partial charge in [0.25, 0.3) is 5.69 Å². The van der Waals surface area contributed by atoms with Crippen molar-refractivity contribution in [3.05, 3.63) is 49.4 Å². The molecule has 0 spiro atoms. The first kappa shape index (κ1) is 10.6. The molecule has 5 heteroatoms. The SMILES string of the molecule is O=[N+]([O-])c1c(Br)ccc2c(Br)cccc12. The lowest BCUT2D eigenvalue weighted by Crippen LogP contribution is -1.91. The molecule has 3 nitrogen and oxygen atoms in total. The van der Waals surface area contributed by atoms with E-state index in [-0.39, 0.29) is 10.6 Å². The molecule has 2 rings (SSSR count). The van der Waals surface area contributed by atoms with Gasteiger partial charge < -0.3 is 0 Å². The first-order valence-corrected chi connectivity index (χ1v) is 5.71. The second-order valence-electron chi connectivity index (χ2n) is 2.99. The van der Waals surface area contributed by atoms with Gasteiger partial charge in [-0.05, 0) is 34.1 Å². The zero-order valence-corrected chi connectivity index (χ0v) is 10.6. The van der Waals surface area contributed by atoms with Crippen LogP contribution in [0, 0.1) is 10.1 Å².